The molecule has 0 aliphatic carbocycles. The zero-order valence-corrected chi connectivity index (χ0v) is 13.7. The standard InChI is InChI=1S/C16H23N5O/c1-11-7-8-17-15-18-13(19-21(11)15)14(22)20-9-5-6-12(20)10-16(2,3)4/h7-8,12H,5-6,9-10H2,1-4H3. The number of aryl methyl sites for hydroxylation is 1. The van der Waals surface area contributed by atoms with E-state index in [0.29, 0.717) is 5.78 Å². The molecule has 1 unspecified atom stereocenters. The largest absolute Gasteiger partial charge is 0.333 e. The molecule has 3 heterocycles. The molecular weight excluding hydrogens is 278 g/mol. The lowest BCUT2D eigenvalue weighted by Crippen LogP contribution is -2.38. The van der Waals surface area contributed by atoms with Gasteiger partial charge in [-0.25, -0.2) is 9.50 Å². The van der Waals surface area contributed by atoms with E-state index in [9.17, 15) is 4.79 Å². The molecule has 0 bridgehead atoms. The summed E-state index contributed by atoms with van der Waals surface area (Å²) in [5, 5.41) is 4.34. The van der Waals surface area contributed by atoms with Crippen LogP contribution >= 0.6 is 0 Å². The quantitative estimate of drug-likeness (QED) is 0.855. The van der Waals surface area contributed by atoms with Gasteiger partial charge in [0, 0.05) is 24.5 Å². The van der Waals surface area contributed by atoms with Gasteiger partial charge in [0.1, 0.15) is 0 Å². The van der Waals surface area contributed by atoms with E-state index in [1.165, 1.54) is 0 Å². The van der Waals surface area contributed by atoms with Crippen molar-refractivity contribution >= 4 is 11.7 Å². The summed E-state index contributed by atoms with van der Waals surface area (Å²) in [6, 6.07) is 2.14. The van der Waals surface area contributed by atoms with Crippen LogP contribution in [0.5, 0.6) is 0 Å². The minimum absolute atomic E-state index is 0.0725. The van der Waals surface area contributed by atoms with E-state index in [4.69, 9.17) is 0 Å². The Bertz CT molecular complexity index is 700. The summed E-state index contributed by atoms with van der Waals surface area (Å²) in [5.74, 6) is 0.661. The Morgan fingerprint density at radius 3 is 2.86 bits per heavy atom. The molecule has 0 N–H and O–H groups in total. The van der Waals surface area contributed by atoms with Gasteiger partial charge in [0.05, 0.1) is 0 Å². The summed E-state index contributed by atoms with van der Waals surface area (Å²) in [6.07, 6.45) is 4.81. The SMILES string of the molecule is Cc1ccnc2nc(C(=O)N3CCCC3CC(C)(C)C)nn12. The molecule has 3 rings (SSSR count). The number of hydrogen-bond acceptors (Lipinski definition) is 4. The normalized spacial score (nSPS) is 19.1. The molecular formula is C16H23N5O. The Balaban J connectivity index is 1.87. The Morgan fingerprint density at radius 1 is 1.41 bits per heavy atom. The average Bonchev–Trinajstić information content (AvgIpc) is 3.03. The van der Waals surface area contributed by atoms with Gasteiger partial charge in [0.25, 0.3) is 11.7 Å². The second kappa shape index (κ2) is 5.34. The van der Waals surface area contributed by atoms with Gasteiger partial charge >= 0.3 is 0 Å². The van der Waals surface area contributed by atoms with Gasteiger partial charge in [-0.05, 0) is 37.7 Å². The van der Waals surface area contributed by atoms with Crippen LogP contribution < -0.4 is 0 Å². The van der Waals surface area contributed by atoms with Crippen LogP contribution in [0.1, 0.15) is 56.3 Å². The highest BCUT2D eigenvalue weighted by Crippen LogP contribution is 2.30. The number of nitrogens with zero attached hydrogens (tertiary/aromatic N) is 5. The van der Waals surface area contributed by atoms with Crippen LogP contribution in [0.4, 0.5) is 0 Å². The van der Waals surface area contributed by atoms with E-state index < -0.39 is 0 Å². The average molecular weight is 301 g/mol. The molecule has 1 fully saturated rings. The van der Waals surface area contributed by atoms with Gasteiger partial charge in [-0.2, -0.15) is 4.98 Å². The van der Waals surface area contributed by atoms with Crippen LogP contribution in [0.25, 0.3) is 5.78 Å². The summed E-state index contributed by atoms with van der Waals surface area (Å²) < 4.78 is 1.63. The molecule has 0 spiro atoms. The number of amides is 1. The number of carbonyl (C=O) groups is 1. The van der Waals surface area contributed by atoms with Crippen LogP contribution in [0.3, 0.4) is 0 Å². The van der Waals surface area contributed by atoms with Crippen LogP contribution in [0.2, 0.25) is 0 Å². The third-order valence-corrected chi connectivity index (χ3v) is 4.11. The van der Waals surface area contributed by atoms with Crippen LogP contribution in [0.15, 0.2) is 12.3 Å². The van der Waals surface area contributed by atoms with Crippen molar-refractivity contribution in [2.45, 2.75) is 53.0 Å². The van der Waals surface area contributed by atoms with Gasteiger partial charge < -0.3 is 4.90 Å². The molecule has 6 nitrogen and oxygen atoms in total. The number of rotatable bonds is 2. The number of hydrogen-bond donors (Lipinski definition) is 0. The molecule has 0 aromatic carbocycles. The topological polar surface area (TPSA) is 63.4 Å². The maximum atomic E-state index is 12.8. The van der Waals surface area contributed by atoms with E-state index in [-0.39, 0.29) is 23.2 Å². The van der Waals surface area contributed by atoms with Crippen molar-refractivity contribution in [1.82, 2.24) is 24.5 Å². The summed E-state index contributed by atoms with van der Waals surface area (Å²) in [6.45, 7) is 9.36. The number of aromatic nitrogens is 4. The van der Waals surface area contributed by atoms with Gasteiger partial charge in [0.2, 0.25) is 5.82 Å². The Morgan fingerprint density at radius 2 is 2.18 bits per heavy atom. The highest BCUT2D eigenvalue weighted by atomic mass is 16.2. The summed E-state index contributed by atoms with van der Waals surface area (Å²) in [5.41, 5.74) is 1.13. The molecule has 2 aromatic rings. The Hall–Kier alpha value is -1.98. The van der Waals surface area contributed by atoms with Gasteiger partial charge in [-0.15, -0.1) is 5.10 Å². The molecule has 1 atom stereocenters. The minimum atomic E-state index is -0.0725. The second-order valence-corrected chi connectivity index (χ2v) is 7.29. The fourth-order valence-corrected chi connectivity index (χ4v) is 3.15. The number of carbonyl (C=O) groups excluding carboxylic acids is 1. The van der Waals surface area contributed by atoms with E-state index >= 15 is 0 Å². The molecule has 2 aromatic heterocycles. The predicted molar refractivity (Wildman–Crippen MR) is 83.6 cm³/mol. The van der Waals surface area contributed by atoms with Gasteiger partial charge in [-0.1, -0.05) is 20.8 Å². The molecule has 1 amide bonds. The van der Waals surface area contributed by atoms with Crippen LogP contribution in [-0.2, 0) is 0 Å². The van der Waals surface area contributed by atoms with Crippen LogP contribution in [-0.4, -0.2) is 43.0 Å². The molecule has 118 valence electrons. The van der Waals surface area contributed by atoms with Crippen molar-refractivity contribution in [3.63, 3.8) is 0 Å². The molecule has 1 aliphatic rings. The van der Waals surface area contributed by atoms with Crippen molar-refractivity contribution in [3.05, 3.63) is 23.8 Å². The predicted octanol–water partition coefficient (Wildman–Crippen LogP) is 2.47. The van der Waals surface area contributed by atoms with E-state index in [1.54, 1.807) is 10.7 Å². The fraction of sp³-hybridized carbons (Fsp3) is 0.625. The van der Waals surface area contributed by atoms with Crippen molar-refractivity contribution in [3.8, 4) is 0 Å². The lowest BCUT2D eigenvalue weighted by molar-refractivity contribution is 0.0692. The zero-order chi connectivity index (χ0) is 15.9. The lowest BCUT2D eigenvalue weighted by atomic mass is 9.87. The first kappa shape index (κ1) is 14.9. The van der Waals surface area contributed by atoms with Gasteiger partial charge in [-0.3, -0.25) is 4.79 Å². The summed E-state index contributed by atoms with van der Waals surface area (Å²) >= 11 is 0. The van der Waals surface area contributed by atoms with E-state index in [2.05, 4.69) is 35.8 Å². The van der Waals surface area contributed by atoms with Crippen molar-refractivity contribution in [2.24, 2.45) is 5.41 Å². The summed E-state index contributed by atoms with van der Waals surface area (Å²) in [4.78, 5) is 23.2. The molecule has 1 aliphatic heterocycles. The lowest BCUT2D eigenvalue weighted by Gasteiger charge is -2.29. The molecule has 0 saturated carbocycles. The maximum Gasteiger partial charge on any atom is 0.293 e. The third kappa shape index (κ3) is 2.82. The Kier molecular flexibility index (Phi) is 3.62. The summed E-state index contributed by atoms with van der Waals surface area (Å²) in [7, 11) is 0. The van der Waals surface area contributed by atoms with E-state index in [1.807, 2.05) is 17.9 Å². The van der Waals surface area contributed by atoms with Crippen molar-refractivity contribution in [1.29, 1.82) is 0 Å². The second-order valence-electron chi connectivity index (χ2n) is 7.29. The monoisotopic (exact) mass is 301 g/mol. The van der Waals surface area contributed by atoms with Gasteiger partial charge in [0.15, 0.2) is 0 Å². The smallest absolute Gasteiger partial charge is 0.293 e. The van der Waals surface area contributed by atoms with Crippen molar-refractivity contribution in [2.75, 3.05) is 6.54 Å². The van der Waals surface area contributed by atoms with E-state index in [0.717, 1.165) is 31.5 Å². The first-order valence-corrected chi connectivity index (χ1v) is 7.84. The Labute approximate surface area is 130 Å². The van der Waals surface area contributed by atoms with Crippen LogP contribution in [0, 0.1) is 12.3 Å². The highest BCUT2D eigenvalue weighted by Gasteiger charge is 2.34. The first-order valence-electron chi connectivity index (χ1n) is 7.84. The number of likely N-dealkylation sites (tertiary alicyclic amines) is 1. The fourth-order valence-electron chi connectivity index (χ4n) is 3.15. The number of fused-ring (bicyclic) bond motifs is 1. The third-order valence-electron chi connectivity index (χ3n) is 4.11. The molecule has 22 heavy (non-hydrogen) atoms. The molecule has 6 heteroatoms. The molecule has 1 saturated heterocycles. The zero-order valence-electron chi connectivity index (χ0n) is 13.7. The highest BCUT2D eigenvalue weighted by molar-refractivity contribution is 5.91. The first-order chi connectivity index (χ1) is 10.3. The maximum absolute atomic E-state index is 12.8. The molecule has 0 radical (unpaired) electrons. The van der Waals surface area contributed by atoms with Crippen molar-refractivity contribution < 1.29 is 4.79 Å². The minimum Gasteiger partial charge on any atom is -0.333 e.